The topological polar surface area (TPSA) is 92.5 Å². The van der Waals surface area contributed by atoms with E-state index in [0.717, 1.165) is 29.5 Å². The van der Waals surface area contributed by atoms with E-state index in [1.807, 2.05) is 37.3 Å². The van der Waals surface area contributed by atoms with Gasteiger partial charge in [0.2, 0.25) is 15.7 Å². The Morgan fingerprint density at radius 2 is 2.00 bits per heavy atom. The summed E-state index contributed by atoms with van der Waals surface area (Å²) < 4.78 is 32.6. The maximum atomic E-state index is 12.8. The van der Waals surface area contributed by atoms with Gasteiger partial charge in [-0.25, -0.2) is 8.42 Å². The van der Waals surface area contributed by atoms with E-state index in [1.165, 1.54) is 10.6 Å². The van der Waals surface area contributed by atoms with Gasteiger partial charge in [-0.1, -0.05) is 35.9 Å². The third kappa shape index (κ3) is 4.14. The van der Waals surface area contributed by atoms with Crippen molar-refractivity contribution in [3.8, 4) is 11.3 Å². The number of aryl methyl sites for hydroxylation is 1. The van der Waals surface area contributed by atoms with Crippen LogP contribution in [-0.2, 0) is 10.0 Å². The Morgan fingerprint density at radius 1 is 1.31 bits per heavy atom. The molecule has 1 aliphatic carbocycles. The molecule has 0 radical (unpaired) electrons. The second kappa shape index (κ2) is 8.43. The Kier molecular flexibility index (Phi) is 5.81. The molecule has 1 aliphatic rings. The molecule has 0 atom stereocenters. The van der Waals surface area contributed by atoms with Crippen LogP contribution >= 0.6 is 0 Å². The molecule has 1 fully saturated rings. The van der Waals surface area contributed by atoms with Gasteiger partial charge in [0.15, 0.2) is 0 Å². The highest BCUT2D eigenvalue weighted by molar-refractivity contribution is 7.92. The number of carbonyl (C=O) groups excluding carboxylic acids is 1. The summed E-state index contributed by atoms with van der Waals surface area (Å²) in [5.41, 5.74) is 3.32. The summed E-state index contributed by atoms with van der Waals surface area (Å²) >= 11 is 0. The Hall–Kier alpha value is -3.13. The molecule has 1 N–H and O–H groups in total. The number of fused-ring (bicyclic) bond motifs is 1. The molecule has 7 nitrogen and oxygen atoms in total. The Morgan fingerprint density at radius 3 is 2.56 bits per heavy atom. The summed E-state index contributed by atoms with van der Waals surface area (Å²) in [4.78, 5) is 17.5. The summed E-state index contributed by atoms with van der Waals surface area (Å²) in [6, 6.07) is 9.58. The molecular formula is C24H27N3O4S. The molecular weight excluding hydrogens is 426 g/mol. The number of hydrogen-bond donors (Lipinski definition) is 1. The zero-order chi connectivity index (χ0) is 23.0. The summed E-state index contributed by atoms with van der Waals surface area (Å²) in [5.74, 6) is 0.729. The highest BCUT2D eigenvalue weighted by Gasteiger charge is 2.34. The maximum absolute atomic E-state index is 12.8. The van der Waals surface area contributed by atoms with Crippen molar-refractivity contribution in [1.29, 1.82) is 0 Å². The van der Waals surface area contributed by atoms with Crippen molar-refractivity contribution in [2.45, 2.75) is 32.1 Å². The van der Waals surface area contributed by atoms with Crippen LogP contribution in [0, 0.1) is 6.92 Å². The molecule has 4 rings (SSSR count). The molecule has 2 aromatic heterocycles. The lowest BCUT2D eigenvalue weighted by molar-refractivity contribution is 0.0964. The zero-order valence-electron chi connectivity index (χ0n) is 18.5. The number of nitrogens with one attached hydrogen (secondary N) is 1. The van der Waals surface area contributed by atoms with Gasteiger partial charge >= 0.3 is 0 Å². The van der Waals surface area contributed by atoms with Crippen molar-refractivity contribution >= 4 is 32.8 Å². The van der Waals surface area contributed by atoms with Gasteiger partial charge in [0, 0.05) is 19.2 Å². The second-order valence-electron chi connectivity index (χ2n) is 8.19. The first-order chi connectivity index (χ1) is 15.2. The number of hydrogen-bond acceptors (Lipinski definition) is 5. The number of benzene rings is 1. The minimum atomic E-state index is -3.57. The SMILES string of the molecule is C=CCCN(c1nc2oc(-c3ccc(C)cc3)c(C(=O)NC)c2cc1C1CC1)S(C)(=O)=O. The first-order valence-corrected chi connectivity index (χ1v) is 12.4. The number of carbonyl (C=O) groups is 1. The molecule has 0 saturated heterocycles. The van der Waals surface area contributed by atoms with E-state index >= 15 is 0 Å². The molecule has 1 saturated carbocycles. The van der Waals surface area contributed by atoms with Crippen LogP contribution in [0.4, 0.5) is 5.82 Å². The van der Waals surface area contributed by atoms with E-state index in [-0.39, 0.29) is 24.1 Å². The first kappa shape index (κ1) is 22.1. The molecule has 0 aliphatic heterocycles. The Balaban J connectivity index is 1.98. The lowest BCUT2D eigenvalue weighted by atomic mass is 10.0. The van der Waals surface area contributed by atoms with Crippen LogP contribution in [0.3, 0.4) is 0 Å². The number of aromatic nitrogens is 1. The maximum Gasteiger partial charge on any atom is 0.255 e. The Bertz CT molecular complexity index is 1290. The van der Waals surface area contributed by atoms with E-state index in [1.54, 1.807) is 13.1 Å². The number of sulfonamides is 1. The van der Waals surface area contributed by atoms with Crippen LogP contribution in [0.2, 0.25) is 0 Å². The zero-order valence-corrected chi connectivity index (χ0v) is 19.3. The molecule has 1 amide bonds. The molecule has 8 heteroatoms. The normalized spacial score (nSPS) is 13.8. The van der Waals surface area contributed by atoms with Gasteiger partial charge in [-0.3, -0.25) is 9.10 Å². The van der Waals surface area contributed by atoms with E-state index in [0.29, 0.717) is 28.9 Å². The van der Waals surface area contributed by atoms with E-state index < -0.39 is 10.0 Å². The van der Waals surface area contributed by atoms with Crippen molar-refractivity contribution in [3.63, 3.8) is 0 Å². The van der Waals surface area contributed by atoms with Gasteiger partial charge in [-0.05, 0) is 43.7 Å². The fraction of sp³-hybridized carbons (Fsp3) is 0.333. The molecule has 3 aromatic rings. The minimum absolute atomic E-state index is 0.213. The van der Waals surface area contributed by atoms with Crippen LogP contribution < -0.4 is 9.62 Å². The second-order valence-corrected chi connectivity index (χ2v) is 10.1. The fourth-order valence-corrected chi connectivity index (χ4v) is 4.72. The van der Waals surface area contributed by atoms with Crippen molar-refractivity contribution in [2.75, 3.05) is 24.2 Å². The summed E-state index contributed by atoms with van der Waals surface area (Å²) in [6.45, 7) is 5.94. The van der Waals surface area contributed by atoms with E-state index in [2.05, 4.69) is 16.9 Å². The van der Waals surface area contributed by atoms with Crippen molar-refractivity contribution in [2.24, 2.45) is 0 Å². The van der Waals surface area contributed by atoms with Gasteiger partial charge in [-0.15, -0.1) is 6.58 Å². The molecule has 0 spiro atoms. The minimum Gasteiger partial charge on any atom is -0.437 e. The largest absolute Gasteiger partial charge is 0.437 e. The number of nitrogens with zero attached hydrogens (tertiary/aromatic N) is 2. The molecule has 2 heterocycles. The molecule has 168 valence electrons. The number of amides is 1. The number of anilines is 1. The Labute approximate surface area is 188 Å². The predicted octanol–water partition coefficient (Wildman–Crippen LogP) is 4.38. The van der Waals surface area contributed by atoms with Gasteiger partial charge in [0.25, 0.3) is 5.91 Å². The number of furan rings is 1. The highest BCUT2D eigenvalue weighted by atomic mass is 32.2. The average Bonchev–Trinajstić information content (AvgIpc) is 3.53. The fourth-order valence-electron chi connectivity index (χ4n) is 3.82. The molecule has 0 unspecified atom stereocenters. The van der Waals surface area contributed by atoms with E-state index in [4.69, 9.17) is 4.42 Å². The van der Waals surface area contributed by atoms with Gasteiger partial charge < -0.3 is 9.73 Å². The van der Waals surface area contributed by atoms with Crippen LogP contribution in [0.1, 0.15) is 46.7 Å². The van der Waals surface area contributed by atoms with Crippen LogP contribution in [0.15, 0.2) is 47.4 Å². The van der Waals surface area contributed by atoms with Crippen molar-refractivity contribution < 1.29 is 17.6 Å². The lowest BCUT2D eigenvalue weighted by Crippen LogP contribution is -2.32. The van der Waals surface area contributed by atoms with Gasteiger partial charge in [0.1, 0.15) is 11.6 Å². The van der Waals surface area contributed by atoms with Crippen LogP contribution in [0.25, 0.3) is 22.4 Å². The monoisotopic (exact) mass is 453 g/mol. The third-order valence-electron chi connectivity index (χ3n) is 5.65. The molecule has 32 heavy (non-hydrogen) atoms. The predicted molar refractivity (Wildman–Crippen MR) is 127 cm³/mol. The summed E-state index contributed by atoms with van der Waals surface area (Å²) in [7, 11) is -1.99. The highest BCUT2D eigenvalue weighted by Crippen LogP contribution is 2.46. The van der Waals surface area contributed by atoms with Gasteiger partial charge in [0.05, 0.1) is 17.2 Å². The standard InChI is InChI=1S/C24H27N3O4S/c1-5-6-13-27(32(4,29)30)22-18(16-11-12-16)14-19-20(23(28)25-3)21(31-24(19)26-22)17-9-7-15(2)8-10-17/h5,7-10,14,16H,1,6,11-13H2,2-4H3,(H,25,28). The summed E-state index contributed by atoms with van der Waals surface area (Å²) in [5, 5.41) is 3.28. The van der Waals surface area contributed by atoms with Crippen LogP contribution in [-0.4, -0.2) is 39.2 Å². The molecule has 1 aromatic carbocycles. The average molecular weight is 454 g/mol. The van der Waals surface area contributed by atoms with E-state index in [9.17, 15) is 13.2 Å². The summed E-state index contributed by atoms with van der Waals surface area (Å²) in [6.07, 6.45) is 5.26. The van der Waals surface area contributed by atoms with Crippen LogP contribution in [0.5, 0.6) is 0 Å². The molecule has 0 bridgehead atoms. The van der Waals surface area contributed by atoms with Crippen molar-refractivity contribution in [3.05, 3.63) is 59.7 Å². The third-order valence-corrected chi connectivity index (χ3v) is 6.81. The first-order valence-electron chi connectivity index (χ1n) is 10.6. The quantitative estimate of drug-likeness (QED) is 0.511. The smallest absolute Gasteiger partial charge is 0.255 e. The number of pyridine rings is 1. The number of rotatable bonds is 8. The van der Waals surface area contributed by atoms with Crippen molar-refractivity contribution in [1.82, 2.24) is 10.3 Å². The van der Waals surface area contributed by atoms with Gasteiger partial charge in [-0.2, -0.15) is 4.98 Å². The lowest BCUT2D eigenvalue weighted by Gasteiger charge is -2.23.